The van der Waals surface area contributed by atoms with E-state index in [9.17, 15) is 4.79 Å². The Morgan fingerprint density at radius 1 is 1.33 bits per heavy atom. The number of nitrogens with one attached hydrogen (secondary N) is 2. The highest BCUT2D eigenvalue weighted by Gasteiger charge is 2.15. The van der Waals surface area contributed by atoms with E-state index in [-0.39, 0.29) is 30.7 Å². The molecule has 2 aromatic heterocycles. The topological polar surface area (TPSA) is 80.0 Å². The first-order chi connectivity index (χ1) is 10.8. The summed E-state index contributed by atoms with van der Waals surface area (Å²) >= 11 is 0. The fourth-order valence-corrected chi connectivity index (χ4v) is 2.69. The number of carbonyl (C=O) groups excluding carboxylic acids is 1. The quantitative estimate of drug-likeness (QED) is 0.843. The SMILES string of the molecule is Cl.Cl.O=C(NCCC1CCCNC1)c1cc(-c2ccncc2)on1. The van der Waals surface area contributed by atoms with E-state index in [4.69, 9.17) is 4.52 Å². The molecule has 1 atom stereocenters. The molecule has 1 aliphatic rings. The zero-order valence-electron chi connectivity index (χ0n) is 13.2. The van der Waals surface area contributed by atoms with E-state index in [1.807, 2.05) is 12.1 Å². The first kappa shape index (κ1) is 20.4. The maximum Gasteiger partial charge on any atom is 0.273 e. The van der Waals surface area contributed by atoms with Gasteiger partial charge in [-0.3, -0.25) is 9.78 Å². The van der Waals surface area contributed by atoms with Crippen molar-refractivity contribution in [1.29, 1.82) is 0 Å². The summed E-state index contributed by atoms with van der Waals surface area (Å²) in [5, 5.41) is 10.1. The molecule has 1 amide bonds. The molecule has 0 spiro atoms. The standard InChI is InChI=1S/C16H20N4O2.2ClH/c21-16(19-9-3-12-2-1-6-18-11-12)14-10-15(22-20-14)13-4-7-17-8-5-13;;/h4-5,7-8,10,12,18H,1-3,6,9,11H2,(H,19,21);2*1H. The maximum atomic E-state index is 12.1. The largest absolute Gasteiger partial charge is 0.355 e. The van der Waals surface area contributed by atoms with Crippen molar-refractivity contribution >= 4 is 30.7 Å². The Morgan fingerprint density at radius 3 is 2.83 bits per heavy atom. The van der Waals surface area contributed by atoms with Gasteiger partial charge in [-0.2, -0.15) is 0 Å². The number of hydrogen-bond donors (Lipinski definition) is 2. The van der Waals surface area contributed by atoms with Crippen molar-refractivity contribution in [1.82, 2.24) is 20.8 Å². The lowest BCUT2D eigenvalue weighted by molar-refractivity contribution is 0.0941. The molecule has 1 saturated heterocycles. The van der Waals surface area contributed by atoms with Crippen LogP contribution in [0.5, 0.6) is 0 Å². The molecule has 24 heavy (non-hydrogen) atoms. The molecule has 6 nitrogen and oxygen atoms in total. The molecular weight excluding hydrogens is 351 g/mol. The minimum Gasteiger partial charge on any atom is -0.355 e. The van der Waals surface area contributed by atoms with E-state index in [0.717, 1.165) is 25.1 Å². The molecule has 8 heteroatoms. The Kier molecular flexibility index (Phi) is 8.74. The molecule has 2 aromatic rings. The van der Waals surface area contributed by atoms with E-state index >= 15 is 0 Å². The van der Waals surface area contributed by atoms with Gasteiger partial charge in [-0.25, -0.2) is 0 Å². The molecule has 1 fully saturated rings. The number of nitrogens with zero attached hydrogens (tertiary/aromatic N) is 2. The number of piperidine rings is 1. The van der Waals surface area contributed by atoms with Crippen LogP contribution in [0.3, 0.4) is 0 Å². The fourth-order valence-electron chi connectivity index (χ4n) is 2.69. The summed E-state index contributed by atoms with van der Waals surface area (Å²) in [6, 6.07) is 5.30. The molecule has 1 aliphatic heterocycles. The van der Waals surface area contributed by atoms with Gasteiger partial charge < -0.3 is 15.2 Å². The maximum absolute atomic E-state index is 12.1. The zero-order chi connectivity index (χ0) is 15.2. The molecule has 0 aromatic carbocycles. The normalized spacial score (nSPS) is 16.6. The van der Waals surface area contributed by atoms with Crippen LogP contribution in [0.2, 0.25) is 0 Å². The molecular formula is C16H22Cl2N4O2. The average molecular weight is 373 g/mol. The van der Waals surface area contributed by atoms with Crippen LogP contribution < -0.4 is 10.6 Å². The predicted octanol–water partition coefficient (Wildman–Crippen LogP) is 2.70. The summed E-state index contributed by atoms with van der Waals surface area (Å²) in [6.07, 6.45) is 6.80. The average Bonchev–Trinajstić information content (AvgIpc) is 3.07. The van der Waals surface area contributed by atoms with Gasteiger partial charge in [0.1, 0.15) is 0 Å². The highest BCUT2D eigenvalue weighted by molar-refractivity contribution is 5.93. The van der Waals surface area contributed by atoms with Crippen molar-refractivity contribution in [3.05, 3.63) is 36.3 Å². The van der Waals surface area contributed by atoms with Crippen molar-refractivity contribution < 1.29 is 9.32 Å². The lowest BCUT2D eigenvalue weighted by Crippen LogP contribution is -2.33. The number of rotatable bonds is 5. The summed E-state index contributed by atoms with van der Waals surface area (Å²) < 4.78 is 5.22. The van der Waals surface area contributed by atoms with Crippen molar-refractivity contribution in [2.24, 2.45) is 5.92 Å². The number of hydrogen-bond acceptors (Lipinski definition) is 5. The van der Waals surface area contributed by atoms with Crippen LogP contribution in [0.15, 0.2) is 35.1 Å². The number of pyridine rings is 1. The molecule has 0 aliphatic carbocycles. The number of amides is 1. The van der Waals surface area contributed by atoms with Crippen molar-refractivity contribution in [3.63, 3.8) is 0 Å². The second-order valence-electron chi connectivity index (χ2n) is 5.57. The number of aromatic nitrogens is 2. The first-order valence-corrected chi connectivity index (χ1v) is 7.69. The summed E-state index contributed by atoms with van der Waals surface area (Å²) in [7, 11) is 0. The van der Waals surface area contributed by atoms with Gasteiger partial charge in [0.25, 0.3) is 5.91 Å². The van der Waals surface area contributed by atoms with Gasteiger partial charge in [-0.05, 0) is 50.4 Å². The van der Waals surface area contributed by atoms with E-state index in [1.54, 1.807) is 18.5 Å². The second kappa shape index (κ2) is 10.3. The van der Waals surface area contributed by atoms with Gasteiger partial charge >= 0.3 is 0 Å². The van der Waals surface area contributed by atoms with Crippen molar-refractivity contribution in [3.8, 4) is 11.3 Å². The first-order valence-electron chi connectivity index (χ1n) is 7.69. The van der Waals surface area contributed by atoms with Crippen LogP contribution >= 0.6 is 24.8 Å². The van der Waals surface area contributed by atoms with Crippen LogP contribution in [-0.4, -0.2) is 35.7 Å². The minimum atomic E-state index is -0.187. The monoisotopic (exact) mass is 372 g/mol. The van der Waals surface area contributed by atoms with Crippen LogP contribution in [0, 0.1) is 5.92 Å². The van der Waals surface area contributed by atoms with E-state index in [0.29, 0.717) is 23.9 Å². The molecule has 132 valence electrons. The van der Waals surface area contributed by atoms with Gasteiger partial charge in [0, 0.05) is 30.6 Å². The summed E-state index contributed by atoms with van der Waals surface area (Å²) in [6.45, 7) is 2.83. The molecule has 3 rings (SSSR count). The Labute approximate surface area is 153 Å². The van der Waals surface area contributed by atoms with Gasteiger partial charge in [0.2, 0.25) is 0 Å². The molecule has 3 heterocycles. The van der Waals surface area contributed by atoms with Crippen LogP contribution in [0.4, 0.5) is 0 Å². The molecule has 0 bridgehead atoms. The predicted molar refractivity (Wildman–Crippen MR) is 96.8 cm³/mol. The van der Waals surface area contributed by atoms with Gasteiger partial charge in [-0.15, -0.1) is 24.8 Å². The molecule has 0 saturated carbocycles. The molecule has 0 radical (unpaired) electrons. The van der Waals surface area contributed by atoms with E-state index in [2.05, 4.69) is 20.8 Å². The van der Waals surface area contributed by atoms with Crippen molar-refractivity contribution in [2.75, 3.05) is 19.6 Å². The third-order valence-corrected chi connectivity index (χ3v) is 3.94. The summed E-state index contributed by atoms with van der Waals surface area (Å²) in [5.41, 5.74) is 1.17. The Bertz CT molecular complexity index is 616. The number of halogens is 2. The van der Waals surface area contributed by atoms with E-state index in [1.165, 1.54) is 12.8 Å². The third kappa shape index (κ3) is 5.47. The highest BCUT2D eigenvalue weighted by atomic mass is 35.5. The number of carbonyl (C=O) groups is 1. The zero-order valence-corrected chi connectivity index (χ0v) is 14.9. The lowest BCUT2D eigenvalue weighted by atomic mass is 9.96. The van der Waals surface area contributed by atoms with Crippen molar-refractivity contribution in [2.45, 2.75) is 19.3 Å². The summed E-state index contributed by atoms with van der Waals surface area (Å²) in [4.78, 5) is 16.0. The smallest absolute Gasteiger partial charge is 0.273 e. The highest BCUT2D eigenvalue weighted by Crippen LogP contribution is 2.19. The van der Waals surface area contributed by atoms with Crippen LogP contribution in [0.1, 0.15) is 29.8 Å². The van der Waals surface area contributed by atoms with Gasteiger partial charge in [-0.1, -0.05) is 5.16 Å². The lowest BCUT2D eigenvalue weighted by Gasteiger charge is -2.22. The van der Waals surface area contributed by atoms with E-state index < -0.39 is 0 Å². The van der Waals surface area contributed by atoms with Gasteiger partial charge in [0.05, 0.1) is 0 Å². The molecule has 1 unspecified atom stereocenters. The Hall–Kier alpha value is -1.63. The Balaban J connectivity index is 0.00000144. The van der Waals surface area contributed by atoms with Crippen LogP contribution in [0.25, 0.3) is 11.3 Å². The fraction of sp³-hybridized carbons (Fsp3) is 0.438. The third-order valence-electron chi connectivity index (χ3n) is 3.94. The Morgan fingerprint density at radius 2 is 2.12 bits per heavy atom. The molecule has 2 N–H and O–H groups in total. The van der Waals surface area contributed by atoms with Gasteiger partial charge in [0.15, 0.2) is 11.5 Å². The summed E-state index contributed by atoms with van der Waals surface area (Å²) in [5.74, 6) is 1.04. The minimum absolute atomic E-state index is 0. The second-order valence-corrected chi connectivity index (χ2v) is 5.57. The van der Waals surface area contributed by atoms with Crippen LogP contribution in [-0.2, 0) is 0 Å².